The van der Waals surface area contributed by atoms with Crippen LogP contribution in [0.5, 0.6) is 5.75 Å². The highest BCUT2D eigenvalue weighted by molar-refractivity contribution is 8.19. The number of aliphatic carboxylic acids is 1. The van der Waals surface area contributed by atoms with Gasteiger partial charge in [-0.25, -0.2) is 14.1 Å². The molecule has 2 aromatic carbocycles. The summed E-state index contributed by atoms with van der Waals surface area (Å²) in [5.41, 5.74) is 0.317. The minimum Gasteiger partial charge on any atom is -0.479 e. The first kappa shape index (κ1) is 18.7. The van der Waals surface area contributed by atoms with Crippen molar-refractivity contribution in [2.24, 2.45) is 0 Å². The van der Waals surface area contributed by atoms with E-state index < -0.39 is 29.0 Å². The van der Waals surface area contributed by atoms with Gasteiger partial charge in [0.05, 0.1) is 10.6 Å². The number of rotatable bonds is 5. The van der Waals surface area contributed by atoms with E-state index >= 15 is 0 Å². The van der Waals surface area contributed by atoms with Gasteiger partial charge < -0.3 is 9.84 Å². The second kappa shape index (κ2) is 7.63. The van der Waals surface area contributed by atoms with E-state index in [0.717, 1.165) is 4.90 Å². The molecule has 1 atom stereocenters. The number of halogens is 1. The summed E-state index contributed by atoms with van der Waals surface area (Å²) in [5.74, 6) is -2.22. The van der Waals surface area contributed by atoms with E-state index in [4.69, 9.17) is 9.84 Å². The molecular formula is C19H14FNO5S. The molecule has 0 aromatic heterocycles. The molecule has 0 bridgehead atoms. The summed E-state index contributed by atoms with van der Waals surface area (Å²) in [6.07, 6.45) is 0.336. The molecule has 0 saturated carbocycles. The van der Waals surface area contributed by atoms with Gasteiger partial charge in [0.1, 0.15) is 11.6 Å². The molecular weight excluding hydrogens is 373 g/mol. The number of para-hydroxylation sites is 2. The monoisotopic (exact) mass is 387 g/mol. The number of anilines is 1. The van der Waals surface area contributed by atoms with Crippen molar-refractivity contribution < 1.29 is 28.6 Å². The molecule has 2 amide bonds. The van der Waals surface area contributed by atoms with Crippen LogP contribution in [0, 0.1) is 5.82 Å². The lowest BCUT2D eigenvalue weighted by molar-refractivity contribution is -0.144. The Morgan fingerprint density at radius 1 is 1.19 bits per heavy atom. The highest BCUT2D eigenvalue weighted by atomic mass is 32.2. The third-order valence-corrected chi connectivity index (χ3v) is 4.61. The molecule has 138 valence electrons. The predicted molar refractivity (Wildman–Crippen MR) is 99.0 cm³/mol. The maximum atomic E-state index is 14.0. The Balaban J connectivity index is 1.93. The first-order valence-electron chi connectivity index (χ1n) is 7.89. The Hall–Kier alpha value is -3.13. The lowest BCUT2D eigenvalue weighted by Crippen LogP contribution is -2.28. The molecule has 1 fully saturated rings. The van der Waals surface area contributed by atoms with Gasteiger partial charge in [0.2, 0.25) is 0 Å². The summed E-state index contributed by atoms with van der Waals surface area (Å²) in [6, 6.07) is 12.0. The zero-order valence-electron chi connectivity index (χ0n) is 14.1. The topological polar surface area (TPSA) is 83.9 Å². The Morgan fingerprint density at radius 3 is 2.56 bits per heavy atom. The van der Waals surface area contributed by atoms with Gasteiger partial charge in [-0.15, -0.1) is 0 Å². The molecule has 1 aliphatic heterocycles. The van der Waals surface area contributed by atoms with E-state index in [0.29, 0.717) is 17.3 Å². The van der Waals surface area contributed by atoms with Crippen molar-refractivity contribution in [1.29, 1.82) is 0 Å². The second-order valence-corrected chi connectivity index (χ2v) is 6.60. The van der Waals surface area contributed by atoms with Crippen LogP contribution >= 0.6 is 11.8 Å². The van der Waals surface area contributed by atoms with Crippen LogP contribution in [0.4, 0.5) is 14.9 Å². The van der Waals surface area contributed by atoms with E-state index in [2.05, 4.69) is 0 Å². The van der Waals surface area contributed by atoms with Crippen LogP contribution in [-0.2, 0) is 9.59 Å². The standard InChI is InChI=1S/C19H14FNO5S/c1-11(18(23)24)26-15-9-5-2-6-12(15)10-16-17(22)21(19(25)27-16)14-8-4-3-7-13(14)20/h2-11H,1H3,(H,23,24)/b16-10+. The van der Waals surface area contributed by atoms with Crippen LogP contribution in [-0.4, -0.2) is 28.3 Å². The fourth-order valence-corrected chi connectivity index (χ4v) is 3.22. The number of imide groups is 1. The molecule has 27 heavy (non-hydrogen) atoms. The Morgan fingerprint density at radius 2 is 1.85 bits per heavy atom. The van der Waals surface area contributed by atoms with Gasteiger partial charge in [0.15, 0.2) is 6.10 Å². The van der Waals surface area contributed by atoms with Crippen LogP contribution in [0.1, 0.15) is 12.5 Å². The summed E-state index contributed by atoms with van der Waals surface area (Å²) in [6.45, 7) is 1.38. The van der Waals surface area contributed by atoms with E-state index in [9.17, 15) is 18.8 Å². The van der Waals surface area contributed by atoms with Crippen molar-refractivity contribution in [2.75, 3.05) is 4.90 Å². The van der Waals surface area contributed by atoms with Crippen molar-refractivity contribution in [3.8, 4) is 5.75 Å². The van der Waals surface area contributed by atoms with E-state index in [-0.39, 0.29) is 16.3 Å². The smallest absolute Gasteiger partial charge is 0.344 e. The Labute approximate surface area is 158 Å². The molecule has 0 aliphatic carbocycles. The van der Waals surface area contributed by atoms with E-state index in [1.165, 1.54) is 37.3 Å². The number of carbonyl (C=O) groups is 3. The summed E-state index contributed by atoms with van der Waals surface area (Å²) in [5, 5.41) is 8.38. The van der Waals surface area contributed by atoms with Gasteiger partial charge in [-0.05, 0) is 43.0 Å². The molecule has 1 saturated heterocycles. The zero-order chi connectivity index (χ0) is 19.6. The number of nitrogens with zero attached hydrogens (tertiary/aromatic N) is 1. The highest BCUT2D eigenvalue weighted by Gasteiger charge is 2.37. The molecule has 8 heteroatoms. The minimum absolute atomic E-state index is 0.0854. The predicted octanol–water partition coefficient (Wildman–Crippen LogP) is 3.92. The number of thioether (sulfide) groups is 1. The van der Waals surface area contributed by atoms with Crippen molar-refractivity contribution in [1.82, 2.24) is 0 Å². The molecule has 2 aromatic rings. The fraction of sp³-hybridized carbons (Fsp3) is 0.105. The van der Waals surface area contributed by atoms with Gasteiger partial charge in [-0.2, -0.15) is 0 Å². The first-order chi connectivity index (χ1) is 12.9. The average Bonchev–Trinajstić information content (AvgIpc) is 2.90. The zero-order valence-corrected chi connectivity index (χ0v) is 14.9. The largest absolute Gasteiger partial charge is 0.479 e. The number of hydrogen-bond donors (Lipinski definition) is 1. The Bertz CT molecular complexity index is 959. The lowest BCUT2D eigenvalue weighted by Gasteiger charge is -2.13. The molecule has 0 spiro atoms. The summed E-state index contributed by atoms with van der Waals surface area (Å²) in [4.78, 5) is 36.7. The number of carboxylic acid groups (broad SMARTS) is 1. The average molecular weight is 387 g/mol. The SMILES string of the molecule is CC(Oc1ccccc1/C=C1/SC(=O)N(c2ccccc2F)C1=O)C(=O)O. The van der Waals surface area contributed by atoms with Gasteiger partial charge in [-0.1, -0.05) is 30.3 Å². The van der Waals surface area contributed by atoms with Gasteiger partial charge in [0.25, 0.3) is 11.1 Å². The molecule has 0 radical (unpaired) electrons. The molecule has 3 rings (SSSR count). The molecule has 1 heterocycles. The Kier molecular flexibility index (Phi) is 5.27. The lowest BCUT2D eigenvalue weighted by atomic mass is 10.1. The van der Waals surface area contributed by atoms with Gasteiger partial charge >= 0.3 is 5.97 Å². The first-order valence-corrected chi connectivity index (χ1v) is 8.71. The molecule has 1 aliphatic rings. The van der Waals surface area contributed by atoms with E-state index in [1.54, 1.807) is 24.3 Å². The number of amides is 2. The van der Waals surface area contributed by atoms with E-state index in [1.807, 2.05) is 0 Å². The van der Waals surface area contributed by atoms with Crippen molar-refractivity contribution in [3.05, 3.63) is 64.8 Å². The van der Waals surface area contributed by atoms with Crippen LogP contribution in [0.3, 0.4) is 0 Å². The van der Waals surface area contributed by atoms with Crippen molar-refractivity contribution in [2.45, 2.75) is 13.0 Å². The van der Waals surface area contributed by atoms with Crippen LogP contribution in [0.15, 0.2) is 53.4 Å². The quantitative estimate of drug-likeness (QED) is 0.783. The molecule has 6 nitrogen and oxygen atoms in total. The molecule has 1 unspecified atom stereocenters. The maximum absolute atomic E-state index is 14.0. The highest BCUT2D eigenvalue weighted by Crippen LogP contribution is 2.37. The van der Waals surface area contributed by atoms with Gasteiger partial charge in [0, 0.05) is 5.56 Å². The number of ether oxygens (including phenoxy) is 1. The third kappa shape index (κ3) is 3.85. The third-order valence-electron chi connectivity index (χ3n) is 3.74. The minimum atomic E-state index is -1.13. The van der Waals surface area contributed by atoms with Crippen molar-refractivity contribution >= 4 is 40.6 Å². The van der Waals surface area contributed by atoms with Crippen LogP contribution in [0.2, 0.25) is 0 Å². The molecule has 1 N–H and O–H groups in total. The summed E-state index contributed by atoms with van der Waals surface area (Å²) in [7, 11) is 0. The number of carboxylic acids is 1. The fourth-order valence-electron chi connectivity index (χ4n) is 2.40. The normalized spacial score (nSPS) is 16.7. The summed E-state index contributed by atoms with van der Waals surface area (Å²) >= 11 is 0.674. The second-order valence-electron chi connectivity index (χ2n) is 5.60. The van der Waals surface area contributed by atoms with Crippen molar-refractivity contribution in [3.63, 3.8) is 0 Å². The number of benzene rings is 2. The van der Waals surface area contributed by atoms with Crippen LogP contribution < -0.4 is 9.64 Å². The van der Waals surface area contributed by atoms with Crippen LogP contribution in [0.25, 0.3) is 6.08 Å². The summed E-state index contributed by atoms with van der Waals surface area (Å²) < 4.78 is 19.4. The number of hydrogen-bond acceptors (Lipinski definition) is 5. The maximum Gasteiger partial charge on any atom is 0.344 e. The number of carbonyl (C=O) groups excluding carboxylic acids is 2. The van der Waals surface area contributed by atoms with Gasteiger partial charge in [-0.3, -0.25) is 9.59 Å².